The Labute approximate surface area is 122 Å². The van der Waals surface area contributed by atoms with Crippen LogP contribution in [0.3, 0.4) is 0 Å². The summed E-state index contributed by atoms with van der Waals surface area (Å²) in [6.45, 7) is 4.44. The van der Waals surface area contributed by atoms with Gasteiger partial charge in [-0.1, -0.05) is 25.0 Å². The number of rotatable bonds is 7. The standard InChI is InChI=1S/C17H26O3/c1-2-11-19-13-15(12-14-7-3-4-8-14)17(18)20-16-9-5-6-10-16/h2,12,14,16H,1,3-11,13H2. The van der Waals surface area contributed by atoms with E-state index in [1.807, 2.05) is 0 Å². The molecule has 0 spiro atoms. The van der Waals surface area contributed by atoms with Gasteiger partial charge >= 0.3 is 5.97 Å². The summed E-state index contributed by atoms with van der Waals surface area (Å²) >= 11 is 0. The van der Waals surface area contributed by atoms with Crippen molar-refractivity contribution in [2.45, 2.75) is 57.5 Å². The highest BCUT2D eigenvalue weighted by Gasteiger charge is 2.23. The summed E-state index contributed by atoms with van der Waals surface area (Å²) in [5.74, 6) is 0.348. The summed E-state index contributed by atoms with van der Waals surface area (Å²) in [5, 5.41) is 0. The summed E-state index contributed by atoms with van der Waals surface area (Å²) < 4.78 is 11.1. The van der Waals surface area contributed by atoms with Gasteiger partial charge in [0.2, 0.25) is 0 Å². The van der Waals surface area contributed by atoms with E-state index in [0.29, 0.717) is 24.7 Å². The fourth-order valence-corrected chi connectivity index (χ4v) is 3.07. The Bertz CT molecular complexity index is 347. The topological polar surface area (TPSA) is 35.5 Å². The van der Waals surface area contributed by atoms with Crippen molar-refractivity contribution < 1.29 is 14.3 Å². The third-order valence-corrected chi connectivity index (χ3v) is 4.17. The predicted molar refractivity (Wildman–Crippen MR) is 79.4 cm³/mol. The average Bonchev–Trinajstić information content (AvgIpc) is 3.11. The third-order valence-electron chi connectivity index (χ3n) is 4.17. The summed E-state index contributed by atoms with van der Waals surface area (Å²) in [4.78, 5) is 12.3. The quantitative estimate of drug-likeness (QED) is 0.307. The first-order valence-electron chi connectivity index (χ1n) is 7.90. The van der Waals surface area contributed by atoms with Crippen molar-refractivity contribution in [1.82, 2.24) is 0 Å². The van der Waals surface area contributed by atoms with Crippen LogP contribution in [0.15, 0.2) is 24.3 Å². The molecule has 20 heavy (non-hydrogen) atoms. The van der Waals surface area contributed by atoms with Crippen molar-refractivity contribution in [2.75, 3.05) is 13.2 Å². The zero-order valence-corrected chi connectivity index (χ0v) is 12.3. The van der Waals surface area contributed by atoms with Crippen molar-refractivity contribution in [3.63, 3.8) is 0 Å². The Balaban J connectivity index is 1.91. The van der Waals surface area contributed by atoms with Crippen molar-refractivity contribution >= 4 is 5.97 Å². The number of allylic oxidation sites excluding steroid dienone is 1. The van der Waals surface area contributed by atoms with Crippen molar-refractivity contribution in [2.24, 2.45) is 5.92 Å². The van der Waals surface area contributed by atoms with Crippen molar-refractivity contribution in [1.29, 1.82) is 0 Å². The van der Waals surface area contributed by atoms with Crippen LogP contribution < -0.4 is 0 Å². The SMILES string of the molecule is C=CCOCC(=CC1CCCC1)C(=O)OC1CCCC1. The second-order valence-electron chi connectivity index (χ2n) is 5.85. The van der Waals surface area contributed by atoms with Gasteiger partial charge in [0.1, 0.15) is 6.10 Å². The fraction of sp³-hybridized carbons (Fsp3) is 0.706. The first-order valence-corrected chi connectivity index (χ1v) is 7.90. The van der Waals surface area contributed by atoms with Gasteiger partial charge in [0.25, 0.3) is 0 Å². The molecule has 0 unspecified atom stereocenters. The van der Waals surface area contributed by atoms with Crippen LogP contribution >= 0.6 is 0 Å². The molecule has 0 bridgehead atoms. The summed E-state index contributed by atoms with van der Waals surface area (Å²) in [6, 6.07) is 0. The van der Waals surface area contributed by atoms with E-state index in [9.17, 15) is 4.79 Å². The Kier molecular flexibility index (Phi) is 6.31. The molecule has 0 radical (unpaired) electrons. The van der Waals surface area contributed by atoms with Crippen LogP contribution in [0.1, 0.15) is 51.4 Å². The maximum atomic E-state index is 12.3. The molecule has 3 heteroatoms. The number of ether oxygens (including phenoxy) is 2. The molecule has 0 aromatic rings. The molecule has 0 aromatic carbocycles. The molecular formula is C17H26O3. The van der Waals surface area contributed by atoms with Gasteiger partial charge in [-0.05, 0) is 44.4 Å². The molecule has 2 aliphatic carbocycles. The highest BCUT2D eigenvalue weighted by atomic mass is 16.5. The Hall–Kier alpha value is -1.09. The van der Waals surface area contributed by atoms with E-state index in [0.717, 1.165) is 12.8 Å². The summed E-state index contributed by atoms with van der Waals surface area (Å²) in [5.41, 5.74) is 0.700. The van der Waals surface area contributed by atoms with Crippen LogP contribution in [0.4, 0.5) is 0 Å². The normalized spacial score (nSPS) is 21.3. The molecule has 112 valence electrons. The minimum Gasteiger partial charge on any atom is -0.459 e. The average molecular weight is 278 g/mol. The van der Waals surface area contributed by atoms with Crippen molar-refractivity contribution in [3.05, 3.63) is 24.3 Å². The molecule has 0 saturated heterocycles. The Morgan fingerprint density at radius 3 is 2.40 bits per heavy atom. The van der Waals surface area contributed by atoms with Crippen molar-refractivity contribution in [3.8, 4) is 0 Å². The molecular weight excluding hydrogens is 252 g/mol. The van der Waals surface area contributed by atoms with E-state index < -0.39 is 0 Å². The maximum Gasteiger partial charge on any atom is 0.336 e. The van der Waals surface area contributed by atoms with E-state index >= 15 is 0 Å². The van der Waals surface area contributed by atoms with E-state index in [1.54, 1.807) is 6.08 Å². The minimum atomic E-state index is -0.173. The van der Waals surface area contributed by atoms with E-state index in [-0.39, 0.29) is 12.1 Å². The summed E-state index contributed by atoms with van der Waals surface area (Å²) in [6.07, 6.45) is 13.2. The lowest BCUT2D eigenvalue weighted by Gasteiger charge is -2.15. The van der Waals surface area contributed by atoms with Crippen LogP contribution in [0.5, 0.6) is 0 Å². The van der Waals surface area contributed by atoms with Crippen LogP contribution in [0.2, 0.25) is 0 Å². The van der Waals surface area contributed by atoms with E-state index in [1.165, 1.54) is 38.5 Å². The first-order chi connectivity index (χ1) is 9.79. The highest BCUT2D eigenvalue weighted by Crippen LogP contribution is 2.28. The lowest BCUT2D eigenvalue weighted by molar-refractivity contribution is -0.144. The van der Waals surface area contributed by atoms with Gasteiger partial charge in [-0.15, -0.1) is 6.58 Å². The molecule has 0 N–H and O–H groups in total. The number of carbonyl (C=O) groups is 1. The molecule has 2 saturated carbocycles. The molecule has 0 atom stereocenters. The van der Waals surface area contributed by atoms with Crippen LogP contribution in [0, 0.1) is 5.92 Å². The van der Waals surface area contributed by atoms with Gasteiger partial charge in [0.15, 0.2) is 0 Å². The third kappa shape index (κ3) is 4.78. The van der Waals surface area contributed by atoms with Gasteiger partial charge < -0.3 is 9.47 Å². The Morgan fingerprint density at radius 2 is 1.75 bits per heavy atom. The lowest BCUT2D eigenvalue weighted by Crippen LogP contribution is -2.19. The molecule has 3 nitrogen and oxygen atoms in total. The highest BCUT2D eigenvalue weighted by molar-refractivity contribution is 5.88. The van der Waals surface area contributed by atoms with Gasteiger partial charge in [0, 0.05) is 0 Å². The molecule has 2 aliphatic rings. The van der Waals surface area contributed by atoms with Crippen LogP contribution in [0.25, 0.3) is 0 Å². The predicted octanol–water partition coefficient (Wildman–Crippen LogP) is 3.79. The maximum absolute atomic E-state index is 12.3. The molecule has 0 aromatic heterocycles. The van der Waals surface area contributed by atoms with Gasteiger partial charge in [-0.25, -0.2) is 4.79 Å². The smallest absolute Gasteiger partial charge is 0.336 e. The van der Waals surface area contributed by atoms with E-state index in [4.69, 9.17) is 9.47 Å². The monoisotopic (exact) mass is 278 g/mol. The largest absolute Gasteiger partial charge is 0.459 e. The summed E-state index contributed by atoms with van der Waals surface area (Å²) in [7, 11) is 0. The zero-order valence-electron chi connectivity index (χ0n) is 12.3. The van der Waals surface area contributed by atoms with Crippen LogP contribution in [-0.2, 0) is 14.3 Å². The molecule has 0 aliphatic heterocycles. The number of hydrogen-bond donors (Lipinski definition) is 0. The van der Waals surface area contributed by atoms with Gasteiger partial charge in [0.05, 0.1) is 18.8 Å². The zero-order chi connectivity index (χ0) is 14.2. The number of carbonyl (C=O) groups excluding carboxylic acids is 1. The minimum absolute atomic E-state index is 0.119. The fourth-order valence-electron chi connectivity index (χ4n) is 3.07. The number of hydrogen-bond acceptors (Lipinski definition) is 3. The second-order valence-corrected chi connectivity index (χ2v) is 5.85. The van der Waals surface area contributed by atoms with Crippen LogP contribution in [-0.4, -0.2) is 25.3 Å². The van der Waals surface area contributed by atoms with Gasteiger partial charge in [-0.2, -0.15) is 0 Å². The Morgan fingerprint density at radius 1 is 1.10 bits per heavy atom. The first kappa shape index (κ1) is 15.3. The molecule has 0 amide bonds. The van der Waals surface area contributed by atoms with E-state index in [2.05, 4.69) is 12.7 Å². The molecule has 2 fully saturated rings. The molecule has 0 heterocycles. The lowest BCUT2D eigenvalue weighted by atomic mass is 10.0. The second kappa shape index (κ2) is 8.25. The van der Waals surface area contributed by atoms with Gasteiger partial charge in [-0.3, -0.25) is 0 Å². The molecule has 2 rings (SSSR count). The number of esters is 1.